The summed E-state index contributed by atoms with van der Waals surface area (Å²) in [5, 5.41) is 4.66. The molecule has 53 heavy (non-hydrogen) atoms. The van der Waals surface area contributed by atoms with Crippen molar-refractivity contribution in [3.05, 3.63) is 194 Å². The first-order chi connectivity index (χ1) is 26.2. The molecule has 0 aliphatic rings. The van der Waals surface area contributed by atoms with Crippen molar-refractivity contribution in [1.29, 1.82) is 0 Å². The van der Waals surface area contributed by atoms with Crippen LogP contribution in [0, 0.1) is 0 Å². The minimum atomic E-state index is 0.704. The second-order valence-electron chi connectivity index (χ2n) is 13.4. The molecule has 0 saturated carbocycles. The van der Waals surface area contributed by atoms with Crippen LogP contribution in [0.3, 0.4) is 0 Å². The van der Waals surface area contributed by atoms with E-state index in [1.54, 1.807) is 0 Å². The zero-order valence-electron chi connectivity index (χ0n) is 28.8. The van der Waals surface area contributed by atoms with Crippen molar-refractivity contribution in [1.82, 2.24) is 9.97 Å². The first-order valence-corrected chi connectivity index (χ1v) is 17.9. The molecule has 10 aromatic rings. The van der Waals surface area contributed by atoms with Gasteiger partial charge in [-0.25, -0.2) is 9.97 Å². The van der Waals surface area contributed by atoms with E-state index in [1.807, 2.05) is 36.4 Å². The van der Waals surface area contributed by atoms with Crippen LogP contribution in [0.2, 0.25) is 0 Å². The van der Waals surface area contributed by atoms with Gasteiger partial charge in [-0.1, -0.05) is 158 Å². The molecule has 248 valence electrons. The van der Waals surface area contributed by atoms with Gasteiger partial charge in [0, 0.05) is 27.5 Å². The molecule has 2 aromatic heterocycles. The Hall–Kier alpha value is -7.10. The van der Waals surface area contributed by atoms with Crippen LogP contribution in [0.25, 0.3) is 100.0 Å². The Bertz CT molecular complexity index is 2860. The molecule has 0 bridgehead atoms. The molecule has 10 rings (SSSR count). The van der Waals surface area contributed by atoms with E-state index in [-0.39, 0.29) is 0 Å². The van der Waals surface area contributed by atoms with Gasteiger partial charge in [-0.05, 0) is 80.6 Å². The lowest BCUT2D eigenvalue weighted by molar-refractivity contribution is 0.669. The number of furan rings is 1. The molecule has 0 N–H and O–H groups in total. The summed E-state index contributed by atoms with van der Waals surface area (Å²) in [5.74, 6) is 0.704. The summed E-state index contributed by atoms with van der Waals surface area (Å²) in [4.78, 5) is 10.1. The third-order valence-electron chi connectivity index (χ3n) is 10.1. The van der Waals surface area contributed by atoms with Crippen LogP contribution in [-0.2, 0) is 0 Å². The lowest BCUT2D eigenvalue weighted by Crippen LogP contribution is -1.96. The predicted molar refractivity (Wildman–Crippen MR) is 219 cm³/mol. The second-order valence-corrected chi connectivity index (χ2v) is 13.4. The Morgan fingerprint density at radius 3 is 1.55 bits per heavy atom. The van der Waals surface area contributed by atoms with Gasteiger partial charge in [-0.15, -0.1) is 0 Å². The minimum absolute atomic E-state index is 0.704. The van der Waals surface area contributed by atoms with E-state index in [1.165, 1.54) is 21.9 Å². The van der Waals surface area contributed by atoms with Crippen molar-refractivity contribution in [2.45, 2.75) is 0 Å². The first kappa shape index (κ1) is 30.7. The maximum absolute atomic E-state index is 6.29. The third-order valence-corrected chi connectivity index (χ3v) is 10.1. The molecule has 2 heterocycles. The van der Waals surface area contributed by atoms with Crippen molar-refractivity contribution < 1.29 is 4.42 Å². The molecule has 0 aliphatic carbocycles. The maximum atomic E-state index is 6.29. The summed E-state index contributed by atoms with van der Waals surface area (Å²) in [6.45, 7) is 0. The van der Waals surface area contributed by atoms with Gasteiger partial charge < -0.3 is 4.42 Å². The Balaban J connectivity index is 1.08. The molecule has 0 fully saturated rings. The van der Waals surface area contributed by atoms with E-state index >= 15 is 0 Å². The summed E-state index contributed by atoms with van der Waals surface area (Å²) in [6.07, 6.45) is 0. The minimum Gasteiger partial charge on any atom is -0.456 e. The molecule has 0 radical (unpaired) electrons. The van der Waals surface area contributed by atoms with Crippen LogP contribution < -0.4 is 0 Å². The number of aromatic nitrogens is 2. The highest BCUT2D eigenvalue weighted by Crippen LogP contribution is 2.39. The average Bonchev–Trinajstić information content (AvgIpc) is 3.60. The average molecular weight is 677 g/mol. The number of nitrogens with zero attached hydrogens (tertiary/aromatic N) is 2. The maximum Gasteiger partial charge on any atom is 0.160 e. The van der Waals surface area contributed by atoms with E-state index in [4.69, 9.17) is 14.4 Å². The van der Waals surface area contributed by atoms with Gasteiger partial charge in [0.1, 0.15) is 11.2 Å². The summed E-state index contributed by atoms with van der Waals surface area (Å²) in [6, 6.07) is 68.1. The first-order valence-electron chi connectivity index (χ1n) is 17.9. The molecular formula is C50H32N2O. The highest BCUT2D eigenvalue weighted by atomic mass is 16.3. The molecule has 0 amide bonds. The molecular weight excluding hydrogens is 645 g/mol. The van der Waals surface area contributed by atoms with E-state index in [0.717, 1.165) is 72.3 Å². The van der Waals surface area contributed by atoms with Crippen LogP contribution in [0.15, 0.2) is 199 Å². The Kier molecular flexibility index (Phi) is 7.47. The Labute approximate surface area is 307 Å². The number of hydrogen-bond donors (Lipinski definition) is 0. The fraction of sp³-hybridized carbons (Fsp3) is 0. The van der Waals surface area contributed by atoms with Gasteiger partial charge in [0.2, 0.25) is 0 Å². The topological polar surface area (TPSA) is 38.9 Å². The largest absolute Gasteiger partial charge is 0.456 e. The number of fused-ring (bicyclic) bond motifs is 4. The fourth-order valence-electron chi connectivity index (χ4n) is 7.36. The molecule has 0 atom stereocenters. The predicted octanol–water partition coefficient (Wildman–Crippen LogP) is 13.5. The van der Waals surface area contributed by atoms with Crippen molar-refractivity contribution in [2.75, 3.05) is 0 Å². The number of benzene rings is 8. The van der Waals surface area contributed by atoms with Gasteiger partial charge in [0.05, 0.1) is 11.4 Å². The summed E-state index contributed by atoms with van der Waals surface area (Å²) >= 11 is 0. The second kappa shape index (κ2) is 12.9. The van der Waals surface area contributed by atoms with Crippen LogP contribution in [0.4, 0.5) is 0 Å². The zero-order valence-corrected chi connectivity index (χ0v) is 28.8. The van der Waals surface area contributed by atoms with Gasteiger partial charge in [-0.2, -0.15) is 0 Å². The molecule has 3 nitrogen and oxygen atoms in total. The number of hydrogen-bond acceptors (Lipinski definition) is 3. The fourth-order valence-corrected chi connectivity index (χ4v) is 7.36. The molecule has 3 heteroatoms. The van der Waals surface area contributed by atoms with Crippen molar-refractivity contribution in [2.24, 2.45) is 0 Å². The van der Waals surface area contributed by atoms with Crippen LogP contribution in [-0.4, -0.2) is 9.97 Å². The molecule has 0 aliphatic heterocycles. The monoisotopic (exact) mass is 676 g/mol. The van der Waals surface area contributed by atoms with Crippen LogP contribution in [0.5, 0.6) is 0 Å². The van der Waals surface area contributed by atoms with E-state index < -0.39 is 0 Å². The smallest absolute Gasteiger partial charge is 0.160 e. The summed E-state index contributed by atoms with van der Waals surface area (Å²) < 4.78 is 6.29. The lowest BCUT2D eigenvalue weighted by Gasteiger charge is -2.15. The molecule has 0 saturated heterocycles. The highest BCUT2D eigenvalue weighted by Gasteiger charge is 2.15. The highest BCUT2D eigenvalue weighted by molar-refractivity contribution is 6.11. The standard InChI is InChI=1S/C50H32N2O/c1-4-12-34(13-5-1)42-26-24-41(47-32-46(36-14-6-2-7-15-36)51-50(52-47)37-16-8-3-9-17-37)30-43(42)35-22-20-33(21-23-35)40-25-27-48-44(29-40)45-28-38-18-10-11-19-39(38)31-49(45)53-48/h1-32H. The SMILES string of the molecule is c1ccc(-c2cc(-c3ccc(-c4ccccc4)c(-c4ccc(-c5ccc6oc7cc8ccccc8cc7c6c5)cc4)c3)nc(-c3ccccc3)n2)cc1. The van der Waals surface area contributed by atoms with Gasteiger partial charge in [0.15, 0.2) is 5.82 Å². The van der Waals surface area contributed by atoms with E-state index in [9.17, 15) is 0 Å². The number of rotatable bonds is 6. The summed E-state index contributed by atoms with van der Waals surface area (Å²) in [5.41, 5.74) is 13.6. The zero-order chi connectivity index (χ0) is 35.1. The molecule has 0 spiro atoms. The van der Waals surface area contributed by atoms with Gasteiger partial charge >= 0.3 is 0 Å². The van der Waals surface area contributed by atoms with Gasteiger partial charge in [-0.3, -0.25) is 0 Å². The van der Waals surface area contributed by atoms with Crippen LogP contribution in [0.1, 0.15) is 0 Å². The quantitative estimate of drug-likeness (QED) is 0.176. The lowest BCUT2D eigenvalue weighted by atomic mass is 9.91. The van der Waals surface area contributed by atoms with Crippen molar-refractivity contribution >= 4 is 32.7 Å². The van der Waals surface area contributed by atoms with Crippen LogP contribution >= 0.6 is 0 Å². The van der Waals surface area contributed by atoms with E-state index in [2.05, 4.69) is 158 Å². The Morgan fingerprint density at radius 1 is 0.302 bits per heavy atom. The Morgan fingerprint density at radius 2 is 0.830 bits per heavy atom. The van der Waals surface area contributed by atoms with Gasteiger partial charge in [0.25, 0.3) is 0 Å². The molecule has 8 aromatic carbocycles. The molecule has 0 unspecified atom stereocenters. The third kappa shape index (κ3) is 5.75. The van der Waals surface area contributed by atoms with Crippen molar-refractivity contribution in [3.8, 4) is 67.3 Å². The summed E-state index contributed by atoms with van der Waals surface area (Å²) in [7, 11) is 0. The normalized spacial score (nSPS) is 11.4. The van der Waals surface area contributed by atoms with E-state index in [0.29, 0.717) is 5.82 Å². The van der Waals surface area contributed by atoms with Crippen molar-refractivity contribution in [3.63, 3.8) is 0 Å².